The Morgan fingerprint density at radius 3 is 2.87 bits per heavy atom. The highest BCUT2D eigenvalue weighted by molar-refractivity contribution is 14.0. The fourth-order valence-corrected chi connectivity index (χ4v) is 2.75. The molecule has 1 aliphatic rings. The van der Waals surface area contributed by atoms with Crippen molar-refractivity contribution in [1.82, 2.24) is 4.98 Å². The fraction of sp³-hybridized carbons (Fsp3) is 0.333. The van der Waals surface area contributed by atoms with Gasteiger partial charge in [-0.05, 0) is 19.1 Å². The van der Waals surface area contributed by atoms with Gasteiger partial charge in [-0.2, -0.15) is 0 Å². The molecule has 1 aliphatic heterocycles. The van der Waals surface area contributed by atoms with Crippen molar-refractivity contribution in [2.24, 2.45) is 10.7 Å². The molecule has 2 aromatic rings. The molecule has 0 atom stereocenters. The number of thiazole rings is 1. The molecule has 0 saturated carbocycles. The average Bonchev–Trinajstić information content (AvgIpc) is 2.78. The molecule has 0 saturated heterocycles. The van der Waals surface area contributed by atoms with Gasteiger partial charge in [0.2, 0.25) is 0 Å². The zero-order valence-electron chi connectivity index (χ0n) is 12.7. The Hall–Kier alpha value is -1.55. The first-order valence-corrected chi connectivity index (χ1v) is 7.96. The minimum Gasteiger partial charge on any atom is -0.490 e. The van der Waals surface area contributed by atoms with Gasteiger partial charge in [-0.1, -0.05) is 0 Å². The summed E-state index contributed by atoms with van der Waals surface area (Å²) in [6.07, 6.45) is 0.883. The van der Waals surface area contributed by atoms with Gasteiger partial charge in [-0.25, -0.2) is 9.98 Å². The lowest BCUT2D eigenvalue weighted by atomic mass is 10.3. The topological polar surface area (TPSA) is 81.8 Å². The molecule has 8 heteroatoms. The lowest BCUT2D eigenvalue weighted by Crippen LogP contribution is -2.22. The van der Waals surface area contributed by atoms with E-state index in [0.29, 0.717) is 25.7 Å². The second-order valence-electron chi connectivity index (χ2n) is 4.92. The molecule has 0 fully saturated rings. The van der Waals surface area contributed by atoms with E-state index in [4.69, 9.17) is 15.2 Å². The van der Waals surface area contributed by atoms with Crippen LogP contribution in [0.4, 0.5) is 5.69 Å². The van der Waals surface area contributed by atoms with Crippen molar-refractivity contribution in [3.63, 3.8) is 0 Å². The van der Waals surface area contributed by atoms with Gasteiger partial charge in [0.1, 0.15) is 5.01 Å². The first-order valence-electron chi connectivity index (χ1n) is 7.08. The van der Waals surface area contributed by atoms with Crippen molar-refractivity contribution < 1.29 is 9.47 Å². The lowest BCUT2D eigenvalue weighted by molar-refractivity contribution is 0.297. The minimum atomic E-state index is 0. The molecule has 3 rings (SSSR count). The largest absolute Gasteiger partial charge is 0.490 e. The standard InChI is InChI=1S/C15H18N4O2S.HI/c1-10-9-22-14(18-10)8-17-15(16)19-11-3-4-12-13(7-11)21-6-2-5-20-12;/h3-4,7,9H,2,5-6,8H2,1H3,(H3,16,17,19);1H. The number of guanidine groups is 1. The van der Waals surface area contributed by atoms with E-state index in [-0.39, 0.29) is 24.0 Å². The number of hydrogen-bond acceptors (Lipinski definition) is 5. The normalized spacial score (nSPS) is 13.9. The highest BCUT2D eigenvalue weighted by Gasteiger charge is 2.10. The zero-order valence-corrected chi connectivity index (χ0v) is 15.9. The van der Waals surface area contributed by atoms with Crippen LogP contribution in [-0.2, 0) is 6.54 Å². The van der Waals surface area contributed by atoms with Gasteiger partial charge in [-0.3, -0.25) is 0 Å². The first kappa shape index (κ1) is 17.8. The van der Waals surface area contributed by atoms with Gasteiger partial charge in [0, 0.05) is 29.2 Å². The van der Waals surface area contributed by atoms with Crippen LogP contribution in [0, 0.1) is 6.92 Å². The molecular weight excluding hydrogens is 427 g/mol. The summed E-state index contributed by atoms with van der Waals surface area (Å²) in [7, 11) is 0. The lowest BCUT2D eigenvalue weighted by Gasteiger charge is -2.10. The molecule has 0 bridgehead atoms. The Kier molecular flexibility index (Phi) is 6.46. The predicted octanol–water partition coefficient (Wildman–Crippen LogP) is 3.16. The quantitative estimate of drug-likeness (QED) is 0.430. The molecular formula is C15H19IN4O2S. The molecule has 0 radical (unpaired) electrons. The van der Waals surface area contributed by atoms with E-state index in [1.807, 2.05) is 30.5 Å². The highest BCUT2D eigenvalue weighted by Crippen LogP contribution is 2.32. The van der Waals surface area contributed by atoms with Gasteiger partial charge < -0.3 is 20.5 Å². The summed E-state index contributed by atoms with van der Waals surface area (Å²) < 4.78 is 11.2. The van der Waals surface area contributed by atoms with Crippen LogP contribution in [0.25, 0.3) is 0 Å². The van der Waals surface area contributed by atoms with E-state index < -0.39 is 0 Å². The molecule has 124 valence electrons. The van der Waals surface area contributed by atoms with Gasteiger partial charge in [0.15, 0.2) is 17.5 Å². The summed E-state index contributed by atoms with van der Waals surface area (Å²) in [5, 5.41) is 6.00. The number of aliphatic imine (C=N–C) groups is 1. The summed E-state index contributed by atoms with van der Waals surface area (Å²) in [4.78, 5) is 8.64. The first-order chi connectivity index (χ1) is 10.7. The van der Waals surface area contributed by atoms with Crippen LogP contribution in [0.2, 0.25) is 0 Å². The van der Waals surface area contributed by atoms with E-state index in [2.05, 4.69) is 15.3 Å². The third kappa shape index (κ3) is 4.96. The number of nitrogens with two attached hydrogens (primary N) is 1. The number of rotatable bonds is 3. The Bertz CT molecular complexity index is 690. The number of fused-ring (bicyclic) bond motifs is 1. The van der Waals surface area contributed by atoms with Crippen LogP contribution >= 0.6 is 35.3 Å². The number of nitrogens with zero attached hydrogens (tertiary/aromatic N) is 2. The Labute approximate surface area is 156 Å². The Morgan fingerprint density at radius 1 is 1.35 bits per heavy atom. The maximum Gasteiger partial charge on any atom is 0.193 e. The highest BCUT2D eigenvalue weighted by atomic mass is 127. The van der Waals surface area contributed by atoms with Crippen molar-refractivity contribution in [2.45, 2.75) is 19.9 Å². The Morgan fingerprint density at radius 2 is 2.13 bits per heavy atom. The van der Waals surface area contributed by atoms with Crippen molar-refractivity contribution in [3.05, 3.63) is 34.3 Å². The number of hydrogen-bond donors (Lipinski definition) is 2. The summed E-state index contributed by atoms with van der Waals surface area (Å²) in [5.74, 6) is 1.84. The number of benzene rings is 1. The number of nitrogens with one attached hydrogen (secondary N) is 1. The molecule has 6 nitrogen and oxygen atoms in total. The maximum absolute atomic E-state index is 5.91. The summed E-state index contributed by atoms with van der Waals surface area (Å²) in [6, 6.07) is 5.64. The third-order valence-corrected chi connectivity index (χ3v) is 4.02. The van der Waals surface area contributed by atoms with Crippen LogP contribution in [-0.4, -0.2) is 24.2 Å². The third-order valence-electron chi connectivity index (χ3n) is 3.07. The molecule has 0 spiro atoms. The molecule has 1 aromatic heterocycles. The van der Waals surface area contributed by atoms with Crippen LogP contribution in [0.1, 0.15) is 17.1 Å². The van der Waals surface area contributed by atoms with Gasteiger partial charge in [0.25, 0.3) is 0 Å². The monoisotopic (exact) mass is 446 g/mol. The second-order valence-corrected chi connectivity index (χ2v) is 5.86. The van der Waals surface area contributed by atoms with E-state index >= 15 is 0 Å². The van der Waals surface area contributed by atoms with Crippen molar-refractivity contribution in [1.29, 1.82) is 0 Å². The summed E-state index contributed by atoms with van der Waals surface area (Å²) in [5.41, 5.74) is 7.74. The molecule has 23 heavy (non-hydrogen) atoms. The number of aryl methyl sites for hydroxylation is 1. The summed E-state index contributed by atoms with van der Waals surface area (Å²) >= 11 is 1.58. The van der Waals surface area contributed by atoms with Crippen molar-refractivity contribution >= 4 is 47.0 Å². The molecule has 0 unspecified atom stereocenters. The molecule has 0 aliphatic carbocycles. The number of halogens is 1. The Balaban J connectivity index is 0.00000192. The van der Waals surface area contributed by atoms with E-state index in [9.17, 15) is 0 Å². The van der Waals surface area contributed by atoms with E-state index in [0.717, 1.165) is 34.3 Å². The van der Waals surface area contributed by atoms with Crippen LogP contribution in [0.15, 0.2) is 28.6 Å². The average molecular weight is 446 g/mol. The van der Waals surface area contributed by atoms with E-state index in [1.165, 1.54) is 0 Å². The van der Waals surface area contributed by atoms with Gasteiger partial charge in [-0.15, -0.1) is 35.3 Å². The number of aromatic nitrogens is 1. The number of ether oxygens (including phenoxy) is 2. The van der Waals surface area contributed by atoms with E-state index in [1.54, 1.807) is 11.3 Å². The van der Waals surface area contributed by atoms with Crippen LogP contribution < -0.4 is 20.5 Å². The van der Waals surface area contributed by atoms with Crippen LogP contribution in [0.5, 0.6) is 11.5 Å². The SMILES string of the molecule is Cc1csc(CN=C(N)Nc2ccc3c(c2)OCCCO3)n1.I. The number of anilines is 1. The summed E-state index contributed by atoms with van der Waals surface area (Å²) in [6.45, 7) is 3.77. The molecule has 3 N–H and O–H groups in total. The molecule has 0 amide bonds. The molecule has 2 heterocycles. The van der Waals surface area contributed by atoms with Gasteiger partial charge >= 0.3 is 0 Å². The second kappa shape index (κ2) is 8.34. The van der Waals surface area contributed by atoms with Gasteiger partial charge in [0.05, 0.1) is 19.8 Å². The fourth-order valence-electron chi connectivity index (χ4n) is 2.06. The molecule has 1 aromatic carbocycles. The zero-order chi connectivity index (χ0) is 15.4. The van der Waals surface area contributed by atoms with Crippen molar-refractivity contribution in [2.75, 3.05) is 18.5 Å². The maximum atomic E-state index is 5.91. The predicted molar refractivity (Wildman–Crippen MR) is 103 cm³/mol. The van der Waals surface area contributed by atoms with Crippen LogP contribution in [0.3, 0.4) is 0 Å². The van der Waals surface area contributed by atoms with Crippen molar-refractivity contribution in [3.8, 4) is 11.5 Å². The smallest absolute Gasteiger partial charge is 0.193 e. The minimum absolute atomic E-state index is 0.